The van der Waals surface area contributed by atoms with Crippen molar-refractivity contribution in [2.24, 2.45) is 0 Å². The van der Waals surface area contributed by atoms with Crippen molar-refractivity contribution in [3.05, 3.63) is 5.82 Å². The summed E-state index contributed by atoms with van der Waals surface area (Å²) in [5.41, 5.74) is 5.18. The number of amides is 2. The summed E-state index contributed by atoms with van der Waals surface area (Å²) in [6, 6.07) is 0. The largest absolute Gasteiger partial charge is 0.405 e. The van der Waals surface area contributed by atoms with E-state index in [1.807, 2.05) is 0 Å². The second-order valence-electron chi connectivity index (χ2n) is 3.60. The lowest BCUT2D eigenvalue weighted by atomic mass is 10.4. The summed E-state index contributed by atoms with van der Waals surface area (Å²) in [5.74, 6) is -2.02. The zero-order chi connectivity index (χ0) is 14.6. The number of aromatic amines is 1. The predicted octanol–water partition coefficient (Wildman–Crippen LogP) is -0.863. The van der Waals surface area contributed by atoms with Crippen LogP contribution in [-0.4, -0.2) is 58.2 Å². The Labute approximate surface area is 105 Å². The minimum absolute atomic E-state index is 0.154. The molecule has 0 aliphatic heterocycles. The summed E-state index contributed by atoms with van der Waals surface area (Å²) in [7, 11) is 1.23. The highest BCUT2D eigenvalue weighted by Gasteiger charge is 2.28. The second-order valence-corrected chi connectivity index (χ2v) is 3.60. The summed E-state index contributed by atoms with van der Waals surface area (Å²) in [5, 5.41) is 7.28. The van der Waals surface area contributed by atoms with E-state index in [1.54, 1.807) is 5.32 Å². The summed E-state index contributed by atoms with van der Waals surface area (Å²) < 4.78 is 35.5. The Morgan fingerprint density at radius 1 is 1.47 bits per heavy atom. The summed E-state index contributed by atoms with van der Waals surface area (Å²) >= 11 is 0. The van der Waals surface area contributed by atoms with Gasteiger partial charge in [0.2, 0.25) is 17.7 Å². The van der Waals surface area contributed by atoms with Crippen molar-refractivity contribution >= 4 is 17.8 Å². The van der Waals surface area contributed by atoms with Gasteiger partial charge in [0.1, 0.15) is 6.54 Å². The highest BCUT2D eigenvalue weighted by Crippen LogP contribution is 2.12. The van der Waals surface area contributed by atoms with Gasteiger partial charge in [-0.05, 0) is 0 Å². The molecule has 106 valence electrons. The number of nitrogens with zero attached hydrogens (tertiary/aromatic N) is 3. The van der Waals surface area contributed by atoms with Crippen LogP contribution in [0.25, 0.3) is 0 Å². The zero-order valence-electron chi connectivity index (χ0n) is 9.78. The molecule has 1 aromatic heterocycles. The van der Waals surface area contributed by atoms with Crippen LogP contribution in [0, 0.1) is 0 Å². The van der Waals surface area contributed by atoms with Crippen molar-refractivity contribution in [3.8, 4) is 0 Å². The number of rotatable bonds is 4. The number of alkyl halides is 3. The molecule has 4 N–H and O–H groups in total. The number of halogens is 3. The smallest absolute Gasteiger partial charge is 0.366 e. The van der Waals surface area contributed by atoms with Crippen LogP contribution in [0.1, 0.15) is 10.6 Å². The van der Waals surface area contributed by atoms with Crippen molar-refractivity contribution in [3.63, 3.8) is 0 Å². The monoisotopic (exact) mass is 280 g/mol. The van der Waals surface area contributed by atoms with E-state index in [2.05, 4.69) is 15.2 Å². The Bertz CT molecular complexity index is 471. The van der Waals surface area contributed by atoms with Gasteiger partial charge in [-0.15, -0.1) is 5.10 Å². The first-order valence-electron chi connectivity index (χ1n) is 4.96. The summed E-state index contributed by atoms with van der Waals surface area (Å²) in [6.45, 7) is -2.00. The fourth-order valence-corrected chi connectivity index (χ4v) is 1.09. The topological polar surface area (TPSA) is 117 Å². The number of likely N-dealkylation sites (N-methyl/N-ethyl adjacent to an activating group) is 1. The van der Waals surface area contributed by atoms with E-state index < -0.39 is 31.1 Å². The molecule has 2 amide bonds. The van der Waals surface area contributed by atoms with E-state index in [9.17, 15) is 22.8 Å². The average molecular weight is 280 g/mol. The van der Waals surface area contributed by atoms with Crippen LogP contribution in [0.15, 0.2) is 0 Å². The maximum absolute atomic E-state index is 11.8. The van der Waals surface area contributed by atoms with Crippen LogP contribution in [0.5, 0.6) is 0 Å². The molecule has 0 aliphatic rings. The highest BCUT2D eigenvalue weighted by atomic mass is 19.4. The number of nitrogen functional groups attached to an aromatic ring is 1. The standard InChI is InChI=1S/C8H11F3N6O2/c1-17(2-4(18)13-3-8(9,10)11)6(19)5-14-7(12)16-15-5/h2-3H2,1H3,(H,13,18)(H3,12,14,15,16). The SMILES string of the molecule is CN(CC(=O)NCC(F)(F)F)C(=O)c1nc(N)n[nH]1. The zero-order valence-corrected chi connectivity index (χ0v) is 9.78. The quantitative estimate of drug-likeness (QED) is 0.663. The van der Waals surface area contributed by atoms with E-state index >= 15 is 0 Å². The Morgan fingerprint density at radius 2 is 2.11 bits per heavy atom. The molecule has 11 heteroatoms. The van der Waals surface area contributed by atoms with Crippen molar-refractivity contribution in [1.82, 2.24) is 25.4 Å². The Hall–Kier alpha value is -2.33. The molecule has 0 saturated carbocycles. The van der Waals surface area contributed by atoms with Crippen LogP contribution in [0.2, 0.25) is 0 Å². The van der Waals surface area contributed by atoms with Crippen LogP contribution in [0.4, 0.5) is 19.1 Å². The van der Waals surface area contributed by atoms with Gasteiger partial charge in [0, 0.05) is 7.05 Å². The first-order chi connectivity index (χ1) is 8.69. The maximum atomic E-state index is 11.8. The molecule has 0 spiro atoms. The number of nitrogens with one attached hydrogen (secondary N) is 2. The molecule has 0 aliphatic carbocycles. The first-order valence-corrected chi connectivity index (χ1v) is 4.96. The number of H-pyrrole nitrogens is 1. The van der Waals surface area contributed by atoms with Crippen molar-refractivity contribution < 1.29 is 22.8 Å². The molecule has 0 bridgehead atoms. The molecule has 1 heterocycles. The number of anilines is 1. The van der Waals surface area contributed by atoms with Gasteiger partial charge >= 0.3 is 6.18 Å². The van der Waals surface area contributed by atoms with Gasteiger partial charge in [-0.25, -0.2) is 0 Å². The first kappa shape index (κ1) is 14.7. The van der Waals surface area contributed by atoms with Gasteiger partial charge in [0.15, 0.2) is 0 Å². The summed E-state index contributed by atoms with van der Waals surface area (Å²) in [4.78, 5) is 27.2. The normalized spacial score (nSPS) is 11.2. The van der Waals surface area contributed by atoms with Crippen molar-refractivity contribution in [1.29, 1.82) is 0 Å². The van der Waals surface area contributed by atoms with E-state index in [-0.39, 0.29) is 11.8 Å². The number of aromatic nitrogens is 3. The van der Waals surface area contributed by atoms with E-state index in [4.69, 9.17) is 5.73 Å². The van der Waals surface area contributed by atoms with Gasteiger partial charge in [-0.3, -0.25) is 14.7 Å². The second kappa shape index (κ2) is 5.54. The number of carbonyl (C=O) groups is 2. The molecule has 0 unspecified atom stereocenters. The Kier molecular flexibility index (Phi) is 4.30. The van der Waals surface area contributed by atoms with Gasteiger partial charge in [-0.1, -0.05) is 0 Å². The molecule has 1 aromatic rings. The van der Waals surface area contributed by atoms with Gasteiger partial charge < -0.3 is 16.0 Å². The molecular weight excluding hydrogens is 269 g/mol. The van der Waals surface area contributed by atoms with Gasteiger partial charge in [0.25, 0.3) is 5.91 Å². The molecule has 0 radical (unpaired) electrons. The fourth-order valence-electron chi connectivity index (χ4n) is 1.09. The van der Waals surface area contributed by atoms with Crippen LogP contribution in [0.3, 0.4) is 0 Å². The minimum atomic E-state index is -4.50. The van der Waals surface area contributed by atoms with Gasteiger partial charge in [-0.2, -0.15) is 18.2 Å². The van der Waals surface area contributed by atoms with Crippen LogP contribution < -0.4 is 11.1 Å². The molecule has 0 saturated heterocycles. The minimum Gasteiger partial charge on any atom is -0.366 e. The number of hydrogen-bond acceptors (Lipinski definition) is 5. The lowest BCUT2D eigenvalue weighted by Gasteiger charge is -2.15. The maximum Gasteiger partial charge on any atom is 0.405 e. The molecule has 19 heavy (non-hydrogen) atoms. The molecular formula is C8H11F3N6O2. The third-order valence-electron chi connectivity index (χ3n) is 1.92. The predicted molar refractivity (Wildman–Crippen MR) is 56.8 cm³/mol. The van der Waals surface area contributed by atoms with Crippen molar-refractivity contribution in [2.45, 2.75) is 6.18 Å². The van der Waals surface area contributed by atoms with Crippen LogP contribution >= 0.6 is 0 Å². The highest BCUT2D eigenvalue weighted by molar-refractivity contribution is 5.93. The van der Waals surface area contributed by atoms with Gasteiger partial charge in [0.05, 0.1) is 6.54 Å². The number of nitrogens with two attached hydrogens (primary N) is 1. The number of carbonyl (C=O) groups excluding carboxylic acids is 2. The molecule has 8 nitrogen and oxygen atoms in total. The number of hydrogen-bond donors (Lipinski definition) is 3. The lowest BCUT2D eigenvalue weighted by molar-refractivity contribution is -0.138. The third kappa shape index (κ3) is 4.81. The van der Waals surface area contributed by atoms with E-state index in [1.165, 1.54) is 7.05 Å². The summed E-state index contributed by atoms with van der Waals surface area (Å²) in [6.07, 6.45) is -4.50. The third-order valence-corrected chi connectivity index (χ3v) is 1.92. The van der Waals surface area contributed by atoms with E-state index in [0.717, 1.165) is 4.90 Å². The van der Waals surface area contributed by atoms with Crippen LogP contribution in [-0.2, 0) is 4.79 Å². The Morgan fingerprint density at radius 3 is 2.58 bits per heavy atom. The van der Waals surface area contributed by atoms with E-state index in [0.29, 0.717) is 0 Å². The molecule has 0 aromatic carbocycles. The molecule has 0 fully saturated rings. The molecule has 1 rings (SSSR count). The Balaban J connectivity index is 2.48. The lowest BCUT2D eigenvalue weighted by Crippen LogP contribution is -2.42. The fraction of sp³-hybridized carbons (Fsp3) is 0.500. The van der Waals surface area contributed by atoms with Crippen molar-refractivity contribution in [2.75, 3.05) is 25.9 Å². The average Bonchev–Trinajstić information content (AvgIpc) is 2.71. The molecule has 0 atom stereocenters.